The summed E-state index contributed by atoms with van der Waals surface area (Å²) in [5.74, 6) is -0.624. The normalized spacial score (nSPS) is 24.6. The molecule has 0 heterocycles. The van der Waals surface area contributed by atoms with Gasteiger partial charge in [-0.3, -0.25) is 13.8 Å². The molecule has 0 aliphatic heterocycles. The molecular weight excluding hydrogens is 753 g/mol. The Morgan fingerprint density at radius 2 is 1.09 bits per heavy atom. The van der Waals surface area contributed by atoms with Crippen LogP contribution in [-0.2, 0) is 18.4 Å². The van der Waals surface area contributed by atoms with Gasteiger partial charge in [0.25, 0.3) is 0 Å². The lowest BCUT2D eigenvalue weighted by Crippen LogP contribution is -2.64. The molecule has 1 amide bonds. The summed E-state index contributed by atoms with van der Waals surface area (Å²) in [6.45, 7) is 3.63. The first-order valence-corrected chi connectivity index (χ1v) is 22.8. The van der Waals surface area contributed by atoms with E-state index in [1.54, 1.807) is 6.08 Å². The molecule has 0 aromatic rings. The molecule has 0 spiro atoms. The van der Waals surface area contributed by atoms with Crippen molar-refractivity contribution in [2.45, 2.75) is 197 Å². The lowest BCUT2D eigenvalue weighted by atomic mass is 9.85. The number of aliphatic hydroxyl groups excluding tert-OH is 7. The number of nitrogens with one attached hydrogen (secondary N) is 1. The molecule has 14 heteroatoms. The van der Waals surface area contributed by atoms with E-state index in [4.69, 9.17) is 9.05 Å². The number of amides is 1. The monoisotopic (exact) mass is 830 g/mol. The zero-order valence-corrected chi connectivity index (χ0v) is 35.4. The molecule has 1 rings (SSSR count). The molecule has 0 bridgehead atoms. The topological polar surface area (TPSA) is 226 Å². The molecule has 1 aliphatic rings. The number of phosphoric acid groups is 1. The highest BCUT2D eigenvalue weighted by molar-refractivity contribution is 7.47. The highest BCUT2D eigenvalue weighted by Crippen LogP contribution is 2.47. The predicted molar refractivity (Wildman–Crippen MR) is 224 cm³/mol. The van der Waals surface area contributed by atoms with Crippen LogP contribution in [0.4, 0.5) is 0 Å². The van der Waals surface area contributed by atoms with Crippen molar-refractivity contribution in [3.63, 3.8) is 0 Å². The van der Waals surface area contributed by atoms with Crippen LogP contribution in [0.15, 0.2) is 60.8 Å². The van der Waals surface area contributed by atoms with E-state index in [0.29, 0.717) is 19.3 Å². The van der Waals surface area contributed by atoms with Crippen molar-refractivity contribution in [3.8, 4) is 0 Å². The van der Waals surface area contributed by atoms with Crippen LogP contribution in [0.5, 0.6) is 0 Å². The van der Waals surface area contributed by atoms with Crippen LogP contribution in [-0.4, -0.2) is 108 Å². The molecule has 0 saturated heterocycles. The van der Waals surface area contributed by atoms with E-state index in [9.17, 15) is 50.0 Å². The minimum Gasteiger partial charge on any atom is -0.393 e. The maximum atomic E-state index is 12.9. The highest BCUT2D eigenvalue weighted by Gasteiger charge is 2.51. The Morgan fingerprint density at radius 3 is 1.67 bits per heavy atom. The van der Waals surface area contributed by atoms with E-state index in [-0.39, 0.29) is 6.42 Å². The maximum absolute atomic E-state index is 12.9. The van der Waals surface area contributed by atoms with Crippen molar-refractivity contribution < 1.29 is 59.0 Å². The Labute approximate surface area is 341 Å². The van der Waals surface area contributed by atoms with Crippen molar-refractivity contribution in [2.24, 2.45) is 0 Å². The first-order chi connectivity index (χ1) is 27.3. The fraction of sp³-hybridized carbons (Fsp3) is 0.744. The summed E-state index contributed by atoms with van der Waals surface area (Å²) in [6, 6.07) is -1.27. The molecule has 0 aromatic heterocycles. The average Bonchev–Trinajstić information content (AvgIpc) is 3.18. The molecule has 0 radical (unpaired) electrons. The maximum Gasteiger partial charge on any atom is 0.472 e. The largest absolute Gasteiger partial charge is 0.472 e. The van der Waals surface area contributed by atoms with E-state index < -0.39 is 75.2 Å². The number of rotatable bonds is 33. The number of carbonyl (C=O) groups excluding carboxylic acids is 1. The van der Waals surface area contributed by atoms with Gasteiger partial charge in [-0.2, -0.15) is 0 Å². The number of phosphoric ester groups is 1. The van der Waals surface area contributed by atoms with Crippen LogP contribution in [0.3, 0.4) is 0 Å². The zero-order valence-electron chi connectivity index (χ0n) is 34.5. The molecule has 1 fully saturated rings. The minimum absolute atomic E-state index is 0.273. The van der Waals surface area contributed by atoms with Gasteiger partial charge in [0.15, 0.2) is 0 Å². The second-order valence-electron chi connectivity index (χ2n) is 15.0. The molecule has 57 heavy (non-hydrogen) atoms. The lowest BCUT2D eigenvalue weighted by Gasteiger charge is -2.41. The number of aliphatic hydroxyl groups is 7. The van der Waals surface area contributed by atoms with E-state index in [1.807, 2.05) is 6.08 Å². The summed E-state index contributed by atoms with van der Waals surface area (Å²) < 4.78 is 22.8. The second kappa shape index (κ2) is 32.8. The van der Waals surface area contributed by atoms with Crippen LogP contribution in [0.2, 0.25) is 0 Å². The van der Waals surface area contributed by atoms with Crippen molar-refractivity contribution in [1.82, 2.24) is 5.32 Å². The Kier molecular flexibility index (Phi) is 30.5. The molecule has 0 aromatic carbocycles. The molecular formula is C43H76NO12P. The van der Waals surface area contributed by atoms with E-state index in [0.717, 1.165) is 57.8 Å². The van der Waals surface area contributed by atoms with Crippen molar-refractivity contribution in [3.05, 3.63) is 60.8 Å². The number of unbranched alkanes of at least 4 members (excludes halogenated alkanes) is 13. The van der Waals surface area contributed by atoms with Crippen LogP contribution >= 0.6 is 7.82 Å². The van der Waals surface area contributed by atoms with Gasteiger partial charge in [-0.25, -0.2) is 4.57 Å². The molecule has 1 saturated carbocycles. The van der Waals surface area contributed by atoms with Gasteiger partial charge in [0.2, 0.25) is 5.91 Å². The van der Waals surface area contributed by atoms with Gasteiger partial charge in [-0.05, 0) is 70.6 Å². The van der Waals surface area contributed by atoms with E-state index >= 15 is 0 Å². The summed E-state index contributed by atoms with van der Waals surface area (Å²) in [6.07, 6.45) is 24.6. The summed E-state index contributed by atoms with van der Waals surface area (Å²) in [4.78, 5) is 23.3. The number of allylic oxidation sites excluding steroid dienone is 9. The Hall–Kier alpha value is -2.00. The predicted octanol–water partition coefficient (Wildman–Crippen LogP) is 6.14. The van der Waals surface area contributed by atoms with Gasteiger partial charge in [-0.1, -0.05) is 126 Å². The second-order valence-corrected chi connectivity index (χ2v) is 16.4. The first kappa shape index (κ1) is 53.0. The van der Waals surface area contributed by atoms with Gasteiger partial charge < -0.3 is 46.0 Å². The van der Waals surface area contributed by atoms with Crippen LogP contribution in [0, 0.1) is 0 Å². The summed E-state index contributed by atoms with van der Waals surface area (Å²) in [7, 11) is -5.15. The summed E-state index contributed by atoms with van der Waals surface area (Å²) in [5.41, 5.74) is 0. The third-order valence-electron chi connectivity index (χ3n) is 9.83. The van der Waals surface area contributed by atoms with Gasteiger partial charge in [0.1, 0.15) is 36.6 Å². The van der Waals surface area contributed by atoms with Gasteiger partial charge in [0.05, 0.1) is 31.3 Å². The SMILES string of the molecule is CCCCC/C=C\C=C/CCCCCCC(O)CC(=O)NC(COP(=O)(O)OC1C(O)C(O)C(O)C(O)C1O)C(O)/C=C/CC/C=C/CC/C=C/CCCCCC. The number of hydrogen-bond acceptors (Lipinski definition) is 11. The van der Waals surface area contributed by atoms with Crippen LogP contribution < -0.4 is 5.32 Å². The Balaban J connectivity index is 2.67. The minimum atomic E-state index is -5.15. The molecule has 13 nitrogen and oxygen atoms in total. The zero-order chi connectivity index (χ0) is 42.3. The lowest BCUT2D eigenvalue weighted by molar-refractivity contribution is -0.220. The molecule has 1 aliphatic carbocycles. The summed E-state index contributed by atoms with van der Waals surface area (Å²) >= 11 is 0. The summed E-state index contributed by atoms with van der Waals surface area (Å²) in [5, 5.41) is 74.2. The van der Waals surface area contributed by atoms with Crippen molar-refractivity contribution >= 4 is 13.7 Å². The molecule has 8 atom stereocenters. The average molecular weight is 830 g/mol. The molecule has 9 N–H and O–H groups in total. The third-order valence-corrected chi connectivity index (χ3v) is 10.8. The number of carbonyl (C=O) groups is 1. The van der Waals surface area contributed by atoms with E-state index in [1.165, 1.54) is 51.0 Å². The van der Waals surface area contributed by atoms with Crippen LogP contribution in [0.25, 0.3) is 0 Å². The molecule has 330 valence electrons. The van der Waals surface area contributed by atoms with Crippen LogP contribution in [0.1, 0.15) is 142 Å². The van der Waals surface area contributed by atoms with Crippen molar-refractivity contribution in [1.29, 1.82) is 0 Å². The Morgan fingerprint density at radius 1 is 0.632 bits per heavy atom. The van der Waals surface area contributed by atoms with Gasteiger partial charge in [-0.15, -0.1) is 0 Å². The fourth-order valence-corrected chi connectivity index (χ4v) is 7.23. The smallest absolute Gasteiger partial charge is 0.393 e. The molecule has 8 unspecified atom stereocenters. The first-order valence-electron chi connectivity index (χ1n) is 21.3. The standard InChI is InChI=1S/C43H76NO12P/c1-3-5-7-9-11-13-15-17-19-21-23-25-27-29-31-36(46)35(33-55-57(53,54)56-43-41(51)39(49)38(48)40(50)42(43)52)44-37(47)32-34(45)30-28-26-24-22-20-18-16-14-12-10-8-6-4-2/h12-16,18,21,23,29,31,34-36,38-43,45-46,48-52H,3-11,17,19-20,22,24-28,30,32-33H2,1-2H3,(H,44,47)(H,53,54)/b14-12-,15-13+,18-16-,23-21+,31-29+. The van der Waals surface area contributed by atoms with E-state index in [2.05, 4.69) is 61.7 Å². The Bertz CT molecular complexity index is 1210. The van der Waals surface area contributed by atoms with Crippen molar-refractivity contribution in [2.75, 3.05) is 6.61 Å². The number of hydrogen-bond donors (Lipinski definition) is 9. The third kappa shape index (κ3) is 25.3. The quantitative estimate of drug-likeness (QED) is 0.0158. The highest BCUT2D eigenvalue weighted by atomic mass is 31.2. The fourth-order valence-electron chi connectivity index (χ4n) is 6.26. The van der Waals surface area contributed by atoms with Gasteiger partial charge in [0, 0.05) is 0 Å². The van der Waals surface area contributed by atoms with Gasteiger partial charge >= 0.3 is 7.82 Å².